The van der Waals surface area contributed by atoms with Gasteiger partial charge in [-0.15, -0.1) is 0 Å². The van der Waals surface area contributed by atoms with E-state index in [-0.39, 0.29) is 17.2 Å². The van der Waals surface area contributed by atoms with Crippen molar-refractivity contribution in [2.24, 2.45) is 0 Å². The van der Waals surface area contributed by atoms with E-state index in [0.717, 1.165) is 11.3 Å². The number of ketones is 1. The first-order valence-corrected chi connectivity index (χ1v) is 6.26. The van der Waals surface area contributed by atoms with E-state index in [1.807, 2.05) is 26.0 Å². The van der Waals surface area contributed by atoms with Gasteiger partial charge in [-0.25, -0.2) is 0 Å². The third-order valence-electron chi connectivity index (χ3n) is 3.30. The molecule has 0 unspecified atom stereocenters. The summed E-state index contributed by atoms with van der Waals surface area (Å²) in [6, 6.07) is 5.68. The molecule has 0 fully saturated rings. The smallest absolute Gasteiger partial charge is 0.299 e. The van der Waals surface area contributed by atoms with Crippen molar-refractivity contribution >= 4 is 17.4 Å². The van der Waals surface area contributed by atoms with Crippen LogP contribution in [-0.4, -0.2) is 17.7 Å². The Morgan fingerprint density at radius 1 is 1.11 bits per heavy atom. The van der Waals surface area contributed by atoms with Crippen molar-refractivity contribution in [3.63, 3.8) is 0 Å². The minimum absolute atomic E-state index is 0.00193. The Labute approximate surface area is 108 Å². The van der Waals surface area contributed by atoms with Gasteiger partial charge in [0.15, 0.2) is 0 Å². The summed E-state index contributed by atoms with van der Waals surface area (Å²) >= 11 is 0. The maximum atomic E-state index is 11.9. The molecule has 1 aromatic carbocycles. The fourth-order valence-electron chi connectivity index (χ4n) is 2.24. The largest absolute Gasteiger partial charge is 0.302 e. The molecule has 3 heteroatoms. The highest BCUT2D eigenvalue weighted by Crippen LogP contribution is 2.34. The van der Waals surface area contributed by atoms with Gasteiger partial charge in [0.1, 0.15) is 0 Å². The van der Waals surface area contributed by atoms with Crippen LogP contribution >= 0.6 is 0 Å². The molecule has 0 aliphatic carbocycles. The van der Waals surface area contributed by atoms with Gasteiger partial charge in [0, 0.05) is 6.04 Å². The minimum atomic E-state index is -0.411. The molecule has 0 spiro atoms. The number of carbonyl (C=O) groups excluding carboxylic acids is 2. The normalized spacial score (nSPS) is 15.6. The van der Waals surface area contributed by atoms with Gasteiger partial charge < -0.3 is 4.90 Å². The quantitative estimate of drug-likeness (QED) is 0.713. The standard InChI is InChI=1S/C15H19NO2/c1-9(2)16-12-8-10(15(3,4)5)6-7-11(12)13(17)14(16)18/h6-9H,1-5H3. The van der Waals surface area contributed by atoms with Gasteiger partial charge in [0.25, 0.3) is 11.7 Å². The van der Waals surface area contributed by atoms with Crippen LogP contribution in [0.1, 0.15) is 50.5 Å². The lowest BCUT2D eigenvalue weighted by Crippen LogP contribution is -2.35. The summed E-state index contributed by atoms with van der Waals surface area (Å²) in [6.45, 7) is 10.2. The molecular formula is C15H19NO2. The summed E-state index contributed by atoms with van der Waals surface area (Å²) in [5.74, 6) is -0.801. The molecule has 0 N–H and O–H groups in total. The van der Waals surface area contributed by atoms with Gasteiger partial charge in [-0.05, 0) is 37.0 Å². The summed E-state index contributed by atoms with van der Waals surface area (Å²) in [4.78, 5) is 25.4. The molecule has 1 amide bonds. The van der Waals surface area contributed by atoms with Crippen molar-refractivity contribution in [1.29, 1.82) is 0 Å². The zero-order chi connectivity index (χ0) is 13.7. The van der Waals surface area contributed by atoms with E-state index < -0.39 is 5.91 Å². The Hall–Kier alpha value is -1.64. The zero-order valence-corrected chi connectivity index (χ0v) is 11.6. The number of carbonyl (C=O) groups is 2. The van der Waals surface area contributed by atoms with Crippen molar-refractivity contribution in [3.05, 3.63) is 29.3 Å². The van der Waals surface area contributed by atoms with Crippen LogP contribution in [0, 0.1) is 0 Å². The van der Waals surface area contributed by atoms with E-state index in [9.17, 15) is 9.59 Å². The molecule has 1 aliphatic rings. The molecule has 2 rings (SSSR count). The molecule has 0 radical (unpaired) electrons. The number of fused-ring (bicyclic) bond motifs is 1. The van der Waals surface area contributed by atoms with Crippen LogP contribution < -0.4 is 4.90 Å². The van der Waals surface area contributed by atoms with Crippen LogP contribution in [-0.2, 0) is 10.2 Å². The second kappa shape index (κ2) is 3.94. The average Bonchev–Trinajstić information content (AvgIpc) is 2.50. The second-order valence-corrected chi connectivity index (χ2v) is 6.08. The highest BCUT2D eigenvalue weighted by molar-refractivity contribution is 6.52. The zero-order valence-electron chi connectivity index (χ0n) is 11.6. The lowest BCUT2D eigenvalue weighted by Gasteiger charge is -2.24. The third kappa shape index (κ3) is 1.84. The fraction of sp³-hybridized carbons (Fsp3) is 0.467. The molecule has 0 atom stereocenters. The van der Waals surface area contributed by atoms with E-state index >= 15 is 0 Å². The molecule has 0 saturated heterocycles. The molecule has 1 aliphatic heterocycles. The lowest BCUT2D eigenvalue weighted by molar-refractivity contribution is -0.114. The number of Topliss-reactive ketones (excluding diaryl/α,β-unsaturated/α-hetero) is 1. The summed E-state index contributed by atoms with van der Waals surface area (Å²) in [5.41, 5.74) is 2.43. The van der Waals surface area contributed by atoms with Crippen LogP contribution in [0.3, 0.4) is 0 Å². The van der Waals surface area contributed by atoms with Gasteiger partial charge in [0.05, 0.1) is 11.3 Å². The van der Waals surface area contributed by atoms with Gasteiger partial charge in [-0.3, -0.25) is 9.59 Å². The first-order valence-electron chi connectivity index (χ1n) is 6.26. The van der Waals surface area contributed by atoms with Crippen molar-refractivity contribution in [2.75, 3.05) is 4.90 Å². The van der Waals surface area contributed by atoms with E-state index in [1.165, 1.54) is 0 Å². The molecule has 0 bridgehead atoms. The topological polar surface area (TPSA) is 37.4 Å². The molecule has 3 nitrogen and oxygen atoms in total. The summed E-state index contributed by atoms with van der Waals surface area (Å²) in [6.07, 6.45) is 0. The van der Waals surface area contributed by atoms with Crippen LogP contribution in [0.5, 0.6) is 0 Å². The highest BCUT2D eigenvalue weighted by atomic mass is 16.2. The molecule has 1 aromatic rings. The SMILES string of the molecule is CC(C)N1C(=O)C(=O)c2ccc(C(C)(C)C)cc21. The molecular weight excluding hydrogens is 226 g/mol. The summed E-state index contributed by atoms with van der Waals surface area (Å²) < 4.78 is 0. The minimum Gasteiger partial charge on any atom is -0.302 e. The van der Waals surface area contributed by atoms with Gasteiger partial charge in [0.2, 0.25) is 0 Å². The number of anilines is 1. The van der Waals surface area contributed by atoms with Crippen molar-refractivity contribution in [3.8, 4) is 0 Å². The maximum absolute atomic E-state index is 11.9. The predicted octanol–water partition coefficient (Wildman–Crippen LogP) is 2.92. The molecule has 96 valence electrons. The number of hydrogen-bond donors (Lipinski definition) is 0. The number of amides is 1. The van der Waals surface area contributed by atoms with Crippen LogP contribution in [0.25, 0.3) is 0 Å². The number of hydrogen-bond acceptors (Lipinski definition) is 2. The van der Waals surface area contributed by atoms with Crippen LogP contribution in [0.2, 0.25) is 0 Å². The van der Waals surface area contributed by atoms with Crippen molar-refractivity contribution in [1.82, 2.24) is 0 Å². The van der Waals surface area contributed by atoms with Crippen LogP contribution in [0.15, 0.2) is 18.2 Å². The third-order valence-corrected chi connectivity index (χ3v) is 3.30. The number of nitrogens with zero attached hydrogens (tertiary/aromatic N) is 1. The summed E-state index contributed by atoms with van der Waals surface area (Å²) in [5, 5.41) is 0. The Morgan fingerprint density at radius 2 is 1.72 bits per heavy atom. The van der Waals surface area contributed by atoms with E-state index in [0.29, 0.717) is 5.56 Å². The molecule has 1 heterocycles. The van der Waals surface area contributed by atoms with E-state index in [2.05, 4.69) is 20.8 Å². The van der Waals surface area contributed by atoms with Crippen LogP contribution in [0.4, 0.5) is 5.69 Å². The average molecular weight is 245 g/mol. The first-order chi connectivity index (χ1) is 8.23. The van der Waals surface area contributed by atoms with E-state index in [4.69, 9.17) is 0 Å². The van der Waals surface area contributed by atoms with Gasteiger partial charge in [-0.2, -0.15) is 0 Å². The predicted molar refractivity (Wildman–Crippen MR) is 72.1 cm³/mol. The Bertz CT molecular complexity index is 524. The molecule has 0 saturated carbocycles. The van der Waals surface area contributed by atoms with Gasteiger partial charge in [-0.1, -0.05) is 26.8 Å². The number of benzene rings is 1. The maximum Gasteiger partial charge on any atom is 0.299 e. The number of rotatable bonds is 1. The molecule has 0 aromatic heterocycles. The van der Waals surface area contributed by atoms with Crippen molar-refractivity contribution in [2.45, 2.75) is 46.1 Å². The van der Waals surface area contributed by atoms with E-state index in [1.54, 1.807) is 11.0 Å². The van der Waals surface area contributed by atoms with Crippen molar-refractivity contribution < 1.29 is 9.59 Å². The summed E-state index contributed by atoms with van der Waals surface area (Å²) in [7, 11) is 0. The Balaban J connectivity index is 2.60. The highest BCUT2D eigenvalue weighted by Gasteiger charge is 2.37. The lowest BCUT2D eigenvalue weighted by atomic mass is 9.86. The molecule has 18 heavy (non-hydrogen) atoms. The van der Waals surface area contributed by atoms with Gasteiger partial charge >= 0.3 is 0 Å². The Kier molecular flexibility index (Phi) is 2.80. The Morgan fingerprint density at radius 3 is 2.22 bits per heavy atom. The second-order valence-electron chi connectivity index (χ2n) is 6.08. The fourth-order valence-corrected chi connectivity index (χ4v) is 2.24. The monoisotopic (exact) mass is 245 g/mol. The first kappa shape index (κ1) is 12.8.